The number of carboxylic acids is 1. The number of para-hydroxylation sites is 1. The fraction of sp³-hybridized carbons (Fsp3) is 0.278. The van der Waals surface area contributed by atoms with Crippen molar-refractivity contribution in [2.75, 3.05) is 0 Å². The van der Waals surface area contributed by atoms with Crippen LogP contribution in [0.2, 0.25) is 0 Å². The van der Waals surface area contributed by atoms with Crippen LogP contribution in [0.5, 0.6) is 5.75 Å². The van der Waals surface area contributed by atoms with Crippen LogP contribution in [-0.4, -0.2) is 17.2 Å². The van der Waals surface area contributed by atoms with Gasteiger partial charge >= 0.3 is 5.97 Å². The van der Waals surface area contributed by atoms with E-state index in [1.54, 1.807) is 6.07 Å². The van der Waals surface area contributed by atoms with Crippen LogP contribution < -0.4 is 4.74 Å². The summed E-state index contributed by atoms with van der Waals surface area (Å²) in [7, 11) is 0. The van der Waals surface area contributed by atoms with Gasteiger partial charge < -0.3 is 9.84 Å². The van der Waals surface area contributed by atoms with Gasteiger partial charge in [0.05, 0.1) is 0 Å². The van der Waals surface area contributed by atoms with Crippen molar-refractivity contribution in [3.63, 3.8) is 0 Å². The zero-order valence-corrected chi connectivity index (χ0v) is 12.6. The summed E-state index contributed by atoms with van der Waals surface area (Å²) in [6.07, 6.45) is -0.524. The lowest BCUT2D eigenvalue weighted by molar-refractivity contribution is -0.145. The van der Waals surface area contributed by atoms with Gasteiger partial charge in [-0.3, -0.25) is 0 Å². The lowest BCUT2D eigenvalue weighted by Crippen LogP contribution is -2.30. The molecule has 0 spiro atoms. The van der Waals surface area contributed by atoms with Crippen LogP contribution in [0, 0.1) is 20.8 Å². The molecule has 21 heavy (non-hydrogen) atoms. The van der Waals surface area contributed by atoms with Crippen LogP contribution in [0.25, 0.3) is 0 Å². The topological polar surface area (TPSA) is 46.5 Å². The molecule has 0 saturated carbocycles. The minimum atomic E-state index is -0.945. The molecule has 3 heteroatoms. The zero-order valence-electron chi connectivity index (χ0n) is 12.6. The Hall–Kier alpha value is -2.29. The summed E-state index contributed by atoms with van der Waals surface area (Å²) in [5.41, 5.74) is 4.15. The highest BCUT2D eigenvalue weighted by Gasteiger charge is 2.21. The predicted octanol–water partition coefficient (Wildman–Crippen LogP) is 3.69. The van der Waals surface area contributed by atoms with Crippen molar-refractivity contribution < 1.29 is 14.6 Å². The van der Waals surface area contributed by atoms with Crippen LogP contribution >= 0.6 is 0 Å². The number of aliphatic carboxylic acids is 1. The lowest BCUT2D eigenvalue weighted by Gasteiger charge is -2.18. The van der Waals surface area contributed by atoms with Gasteiger partial charge in [-0.2, -0.15) is 0 Å². The molecule has 1 N–H and O–H groups in total. The molecule has 0 aromatic heterocycles. The van der Waals surface area contributed by atoms with Crippen molar-refractivity contribution in [1.29, 1.82) is 0 Å². The van der Waals surface area contributed by atoms with Crippen LogP contribution in [0.1, 0.15) is 22.3 Å². The number of carbonyl (C=O) groups is 1. The summed E-state index contributed by atoms with van der Waals surface area (Å²) in [6.45, 7) is 5.90. The van der Waals surface area contributed by atoms with E-state index < -0.39 is 12.1 Å². The number of rotatable bonds is 5. The molecule has 0 saturated heterocycles. The van der Waals surface area contributed by atoms with E-state index in [-0.39, 0.29) is 0 Å². The van der Waals surface area contributed by atoms with E-state index in [1.165, 1.54) is 0 Å². The van der Waals surface area contributed by atoms with Gasteiger partial charge in [0.15, 0.2) is 6.10 Å². The number of hydrogen-bond donors (Lipinski definition) is 1. The van der Waals surface area contributed by atoms with Crippen LogP contribution in [0.4, 0.5) is 0 Å². The molecule has 0 aliphatic carbocycles. The summed E-state index contributed by atoms with van der Waals surface area (Å²) in [4.78, 5) is 11.5. The van der Waals surface area contributed by atoms with Gasteiger partial charge in [-0.1, -0.05) is 42.0 Å². The molecule has 0 heterocycles. The summed E-state index contributed by atoms with van der Waals surface area (Å²) in [5, 5.41) is 9.42. The molecule has 0 radical (unpaired) electrons. The van der Waals surface area contributed by atoms with Gasteiger partial charge in [-0.05, 0) is 43.5 Å². The molecule has 2 rings (SSSR count). The second-order valence-electron chi connectivity index (χ2n) is 5.34. The minimum Gasteiger partial charge on any atom is -0.478 e. The van der Waals surface area contributed by atoms with E-state index in [0.717, 1.165) is 22.3 Å². The Morgan fingerprint density at radius 2 is 1.81 bits per heavy atom. The SMILES string of the molecule is Cc1ccc(C)c(C[C@@H](Oc2ccccc2C)C(=O)O)c1. The third kappa shape index (κ3) is 3.85. The summed E-state index contributed by atoms with van der Waals surface area (Å²) < 4.78 is 5.71. The average Bonchev–Trinajstić information content (AvgIpc) is 2.44. The molecule has 110 valence electrons. The quantitative estimate of drug-likeness (QED) is 0.911. The van der Waals surface area contributed by atoms with E-state index >= 15 is 0 Å². The summed E-state index contributed by atoms with van der Waals surface area (Å²) in [5.74, 6) is -0.325. The number of aryl methyl sites for hydroxylation is 3. The third-order valence-corrected chi connectivity index (χ3v) is 3.55. The second kappa shape index (κ2) is 6.44. The Bertz CT molecular complexity index is 647. The van der Waals surface area contributed by atoms with Crippen molar-refractivity contribution in [2.45, 2.75) is 33.3 Å². The molecule has 0 amide bonds. The second-order valence-corrected chi connectivity index (χ2v) is 5.34. The van der Waals surface area contributed by atoms with Crippen molar-refractivity contribution in [3.05, 3.63) is 64.7 Å². The van der Waals surface area contributed by atoms with Gasteiger partial charge in [0.1, 0.15) is 5.75 Å². The maximum Gasteiger partial charge on any atom is 0.345 e. The Labute approximate surface area is 125 Å². The Morgan fingerprint density at radius 3 is 2.48 bits per heavy atom. The van der Waals surface area contributed by atoms with Crippen molar-refractivity contribution in [2.24, 2.45) is 0 Å². The highest BCUT2D eigenvalue weighted by molar-refractivity contribution is 5.73. The largest absolute Gasteiger partial charge is 0.478 e. The van der Waals surface area contributed by atoms with Gasteiger partial charge in [-0.15, -0.1) is 0 Å². The maximum absolute atomic E-state index is 11.5. The molecule has 0 unspecified atom stereocenters. The zero-order chi connectivity index (χ0) is 15.4. The Kier molecular flexibility index (Phi) is 4.63. The molecule has 0 aliphatic heterocycles. The van der Waals surface area contributed by atoms with Gasteiger partial charge in [0.25, 0.3) is 0 Å². The highest BCUT2D eigenvalue weighted by Crippen LogP contribution is 2.21. The monoisotopic (exact) mass is 284 g/mol. The smallest absolute Gasteiger partial charge is 0.345 e. The number of carboxylic acid groups (broad SMARTS) is 1. The molecular weight excluding hydrogens is 264 g/mol. The first-order valence-electron chi connectivity index (χ1n) is 6.98. The van der Waals surface area contributed by atoms with Gasteiger partial charge in [0, 0.05) is 6.42 Å². The number of benzene rings is 2. The lowest BCUT2D eigenvalue weighted by atomic mass is 10.00. The number of hydrogen-bond acceptors (Lipinski definition) is 2. The standard InChI is InChI=1S/C18H20O3/c1-12-8-9-13(2)15(10-12)11-17(18(19)20)21-16-7-5-4-6-14(16)3/h4-10,17H,11H2,1-3H3,(H,19,20)/t17-/m1/s1. The van der Waals surface area contributed by atoms with Crippen molar-refractivity contribution >= 4 is 5.97 Å². The van der Waals surface area contributed by atoms with Crippen LogP contribution in [0.15, 0.2) is 42.5 Å². The van der Waals surface area contributed by atoms with E-state index in [0.29, 0.717) is 12.2 Å². The van der Waals surface area contributed by atoms with E-state index in [9.17, 15) is 9.90 Å². The molecule has 2 aromatic rings. The Morgan fingerprint density at radius 1 is 1.10 bits per heavy atom. The van der Waals surface area contributed by atoms with Crippen molar-refractivity contribution in [3.8, 4) is 5.75 Å². The molecular formula is C18H20O3. The first-order chi connectivity index (χ1) is 9.97. The van der Waals surface area contributed by atoms with Gasteiger partial charge in [-0.25, -0.2) is 4.79 Å². The first kappa shape index (κ1) is 15.1. The minimum absolute atomic E-state index is 0.358. The first-order valence-corrected chi connectivity index (χ1v) is 6.98. The molecule has 2 aromatic carbocycles. The molecule has 1 atom stereocenters. The Balaban J connectivity index is 2.22. The van der Waals surface area contributed by atoms with Crippen molar-refractivity contribution in [1.82, 2.24) is 0 Å². The average molecular weight is 284 g/mol. The van der Waals surface area contributed by atoms with E-state index in [4.69, 9.17) is 4.74 Å². The maximum atomic E-state index is 11.5. The predicted molar refractivity (Wildman–Crippen MR) is 82.9 cm³/mol. The molecule has 0 bridgehead atoms. The molecule has 0 fully saturated rings. The normalized spacial score (nSPS) is 12.0. The fourth-order valence-electron chi connectivity index (χ4n) is 2.24. The fourth-order valence-corrected chi connectivity index (χ4v) is 2.24. The highest BCUT2D eigenvalue weighted by atomic mass is 16.5. The molecule has 3 nitrogen and oxygen atoms in total. The molecule has 0 aliphatic rings. The van der Waals surface area contributed by atoms with E-state index in [2.05, 4.69) is 0 Å². The van der Waals surface area contributed by atoms with Crippen LogP contribution in [0.3, 0.4) is 0 Å². The number of ether oxygens (including phenoxy) is 1. The summed E-state index contributed by atoms with van der Waals surface area (Å²) >= 11 is 0. The van der Waals surface area contributed by atoms with Gasteiger partial charge in [0.2, 0.25) is 0 Å². The third-order valence-electron chi connectivity index (χ3n) is 3.55. The van der Waals surface area contributed by atoms with Crippen LogP contribution in [-0.2, 0) is 11.2 Å². The summed E-state index contributed by atoms with van der Waals surface area (Å²) in [6, 6.07) is 13.5. The van der Waals surface area contributed by atoms with E-state index in [1.807, 2.05) is 57.2 Å².